The molecule has 0 aromatic heterocycles. The average Bonchev–Trinajstić information content (AvgIpc) is 1.85. The van der Waals surface area contributed by atoms with E-state index in [1.807, 2.05) is 20.8 Å². The smallest absolute Gasteiger partial charge is 0.315 e. The molecule has 0 saturated heterocycles. The van der Waals surface area contributed by atoms with E-state index in [0.29, 0.717) is 13.1 Å². The third kappa shape index (κ3) is 4.96. The van der Waals surface area contributed by atoms with Crippen molar-refractivity contribution in [3.8, 4) is 0 Å². The van der Waals surface area contributed by atoms with Gasteiger partial charge in [0.15, 0.2) is 0 Å². The van der Waals surface area contributed by atoms with Crippen LogP contribution in [0.25, 0.3) is 0 Å². The van der Waals surface area contributed by atoms with E-state index in [0.717, 1.165) is 6.42 Å². The van der Waals surface area contributed by atoms with Gasteiger partial charge in [-0.15, -0.1) is 0 Å². The van der Waals surface area contributed by atoms with Crippen LogP contribution in [0.3, 0.4) is 0 Å². The Balaban J connectivity index is 3.79. The highest BCUT2D eigenvalue weighted by Gasteiger charge is 2.18. The Bertz CT molecular complexity index is 145. The molecule has 0 aromatic rings. The molecular formula is C8H19N3O. The summed E-state index contributed by atoms with van der Waals surface area (Å²) in [6.07, 6.45) is 0.782. The fraction of sp³-hybridized carbons (Fsp3) is 0.875. The van der Waals surface area contributed by atoms with E-state index in [9.17, 15) is 4.79 Å². The Morgan fingerprint density at radius 3 is 2.50 bits per heavy atom. The van der Waals surface area contributed by atoms with Gasteiger partial charge in [0.05, 0.1) is 0 Å². The topological polar surface area (TPSA) is 67.2 Å². The molecular weight excluding hydrogens is 154 g/mol. The van der Waals surface area contributed by atoms with Crippen molar-refractivity contribution in [3.63, 3.8) is 0 Å². The first-order valence-corrected chi connectivity index (χ1v) is 4.28. The normalized spacial score (nSPS) is 11.0. The Kier molecular flexibility index (Phi) is 4.66. The van der Waals surface area contributed by atoms with Crippen molar-refractivity contribution in [2.45, 2.75) is 32.7 Å². The summed E-state index contributed by atoms with van der Waals surface area (Å²) in [5.74, 6) is 0. The molecule has 0 fully saturated rings. The highest BCUT2D eigenvalue weighted by Crippen LogP contribution is 2.05. The van der Waals surface area contributed by atoms with Gasteiger partial charge < -0.3 is 16.4 Å². The van der Waals surface area contributed by atoms with Gasteiger partial charge in [-0.2, -0.15) is 0 Å². The molecule has 0 atom stereocenters. The van der Waals surface area contributed by atoms with Crippen LogP contribution < -0.4 is 16.4 Å². The second-order valence-corrected chi connectivity index (χ2v) is 3.41. The predicted octanol–water partition coefficient (Wildman–Crippen LogP) is 0.433. The van der Waals surface area contributed by atoms with Crippen LogP contribution in [0.15, 0.2) is 0 Å². The number of urea groups is 1. The van der Waals surface area contributed by atoms with Gasteiger partial charge in [0.1, 0.15) is 0 Å². The van der Waals surface area contributed by atoms with Crippen LogP contribution in [0, 0.1) is 0 Å². The first kappa shape index (κ1) is 11.2. The second kappa shape index (κ2) is 4.98. The molecule has 0 aromatic carbocycles. The van der Waals surface area contributed by atoms with E-state index in [1.165, 1.54) is 0 Å². The Labute approximate surface area is 73.9 Å². The molecule has 72 valence electrons. The van der Waals surface area contributed by atoms with Crippen molar-refractivity contribution < 1.29 is 4.79 Å². The fourth-order valence-corrected chi connectivity index (χ4v) is 0.935. The molecule has 0 aliphatic rings. The largest absolute Gasteiger partial charge is 0.338 e. The minimum absolute atomic E-state index is 0.129. The number of hydrogen-bond acceptors (Lipinski definition) is 2. The zero-order chi connectivity index (χ0) is 9.61. The monoisotopic (exact) mass is 173 g/mol. The van der Waals surface area contributed by atoms with Crippen LogP contribution in [-0.4, -0.2) is 24.7 Å². The zero-order valence-corrected chi connectivity index (χ0v) is 8.11. The van der Waals surface area contributed by atoms with E-state index in [1.54, 1.807) is 0 Å². The zero-order valence-electron chi connectivity index (χ0n) is 8.11. The predicted molar refractivity (Wildman–Crippen MR) is 50.0 cm³/mol. The summed E-state index contributed by atoms with van der Waals surface area (Å²) in [5.41, 5.74) is 5.18. The molecule has 0 heterocycles. The number of carbonyl (C=O) groups excluding carboxylic acids is 1. The third-order valence-electron chi connectivity index (χ3n) is 1.56. The number of rotatable bonds is 4. The number of hydrogen-bond donors (Lipinski definition) is 3. The van der Waals surface area contributed by atoms with Gasteiger partial charge >= 0.3 is 6.03 Å². The van der Waals surface area contributed by atoms with Crippen LogP contribution in [-0.2, 0) is 0 Å². The lowest BCUT2D eigenvalue weighted by Crippen LogP contribution is -2.49. The first-order chi connectivity index (χ1) is 5.52. The summed E-state index contributed by atoms with van der Waals surface area (Å²) in [5, 5.41) is 5.50. The minimum atomic E-state index is -0.214. The molecule has 0 aliphatic heterocycles. The van der Waals surface area contributed by atoms with Crippen molar-refractivity contribution in [1.29, 1.82) is 0 Å². The van der Waals surface area contributed by atoms with E-state index < -0.39 is 0 Å². The van der Waals surface area contributed by atoms with Crippen molar-refractivity contribution >= 4 is 6.03 Å². The van der Waals surface area contributed by atoms with Gasteiger partial charge in [0, 0.05) is 12.1 Å². The van der Waals surface area contributed by atoms with Crippen molar-refractivity contribution in [2.75, 3.05) is 13.1 Å². The number of carbonyl (C=O) groups is 1. The van der Waals surface area contributed by atoms with Gasteiger partial charge in [0.2, 0.25) is 0 Å². The summed E-state index contributed by atoms with van der Waals surface area (Å²) in [7, 11) is 0. The van der Waals surface area contributed by atoms with Crippen LogP contribution in [0.2, 0.25) is 0 Å². The van der Waals surface area contributed by atoms with Crippen molar-refractivity contribution in [1.82, 2.24) is 10.6 Å². The molecule has 4 nitrogen and oxygen atoms in total. The molecule has 4 heteroatoms. The third-order valence-corrected chi connectivity index (χ3v) is 1.56. The second-order valence-electron chi connectivity index (χ2n) is 3.41. The highest BCUT2D eigenvalue weighted by molar-refractivity contribution is 5.74. The number of amides is 2. The summed E-state index contributed by atoms with van der Waals surface area (Å²) in [6, 6.07) is -0.129. The Hall–Kier alpha value is -0.770. The summed E-state index contributed by atoms with van der Waals surface area (Å²) in [4.78, 5) is 11.1. The molecule has 0 saturated carbocycles. The maximum atomic E-state index is 11.1. The highest BCUT2D eigenvalue weighted by atomic mass is 16.2. The number of nitrogens with one attached hydrogen (secondary N) is 2. The lowest BCUT2D eigenvalue weighted by atomic mass is 10.0. The van der Waals surface area contributed by atoms with Gasteiger partial charge in [-0.05, 0) is 33.7 Å². The number of nitrogens with two attached hydrogens (primary N) is 1. The Morgan fingerprint density at radius 1 is 1.50 bits per heavy atom. The quantitative estimate of drug-likeness (QED) is 0.577. The molecule has 0 bridgehead atoms. The molecule has 0 radical (unpaired) electrons. The van der Waals surface area contributed by atoms with E-state index in [-0.39, 0.29) is 11.6 Å². The molecule has 0 rings (SSSR count). The lowest BCUT2D eigenvalue weighted by molar-refractivity contribution is 0.229. The lowest BCUT2D eigenvalue weighted by Gasteiger charge is -2.25. The van der Waals surface area contributed by atoms with E-state index in [4.69, 9.17) is 5.73 Å². The summed E-state index contributed by atoms with van der Waals surface area (Å²) >= 11 is 0. The van der Waals surface area contributed by atoms with Gasteiger partial charge in [-0.25, -0.2) is 4.79 Å². The molecule has 0 spiro atoms. The molecule has 12 heavy (non-hydrogen) atoms. The van der Waals surface area contributed by atoms with Crippen LogP contribution in [0.4, 0.5) is 4.79 Å². The average molecular weight is 173 g/mol. The molecule has 4 N–H and O–H groups in total. The Morgan fingerprint density at radius 2 is 2.08 bits per heavy atom. The molecule has 2 amide bonds. The maximum Gasteiger partial charge on any atom is 0.315 e. The minimum Gasteiger partial charge on any atom is -0.338 e. The molecule has 0 aliphatic carbocycles. The summed E-state index contributed by atoms with van der Waals surface area (Å²) < 4.78 is 0. The standard InChI is InChI=1S/C8H19N3O/c1-4-10-7(12)11-8(2,3)5-6-9/h4-6,9H2,1-3H3,(H2,10,11,12). The van der Waals surface area contributed by atoms with E-state index in [2.05, 4.69) is 10.6 Å². The fourth-order valence-electron chi connectivity index (χ4n) is 0.935. The van der Waals surface area contributed by atoms with Crippen LogP contribution >= 0.6 is 0 Å². The SMILES string of the molecule is CCNC(=O)NC(C)(C)CCN. The van der Waals surface area contributed by atoms with Crippen molar-refractivity contribution in [2.24, 2.45) is 5.73 Å². The van der Waals surface area contributed by atoms with Crippen molar-refractivity contribution in [3.05, 3.63) is 0 Å². The first-order valence-electron chi connectivity index (χ1n) is 4.28. The van der Waals surface area contributed by atoms with Gasteiger partial charge in [-0.3, -0.25) is 0 Å². The molecule has 0 unspecified atom stereocenters. The van der Waals surface area contributed by atoms with Crippen LogP contribution in [0.1, 0.15) is 27.2 Å². The van der Waals surface area contributed by atoms with Crippen LogP contribution in [0.5, 0.6) is 0 Å². The van der Waals surface area contributed by atoms with E-state index >= 15 is 0 Å². The maximum absolute atomic E-state index is 11.1. The van der Waals surface area contributed by atoms with Gasteiger partial charge in [0.25, 0.3) is 0 Å². The van der Waals surface area contributed by atoms with Gasteiger partial charge in [-0.1, -0.05) is 0 Å². The summed E-state index contributed by atoms with van der Waals surface area (Å²) in [6.45, 7) is 7.02.